The lowest BCUT2D eigenvalue weighted by Crippen LogP contribution is -2.31. The van der Waals surface area contributed by atoms with Crippen LogP contribution in [0.4, 0.5) is 0 Å². The van der Waals surface area contributed by atoms with E-state index in [0.717, 1.165) is 0 Å². The highest BCUT2D eigenvalue weighted by Gasteiger charge is 2.24. The van der Waals surface area contributed by atoms with Crippen LogP contribution in [-0.4, -0.2) is 24.2 Å². The van der Waals surface area contributed by atoms with Gasteiger partial charge >= 0.3 is 0 Å². The summed E-state index contributed by atoms with van der Waals surface area (Å²) in [6.45, 7) is 4.58. The molecule has 2 rings (SSSR count). The topological polar surface area (TPSA) is 81.2 Å². The van der Waals surface area contributed by atoms with Crippen LogP contribution < -0.4 is 11.1 Å². The molecular weight excluding hydrogens is 325 g/mol. The van der Waals surface area contributed by atoms with E-state index in [-0.39, 0.29) is 11.8 Å². The second-order valence-electron chi connectivity index (χ2n) is 5.11. The zero-order chi connectivity index (χ0) is 16.3. The van der Waals surface area contributed by atoms with Gasteiger partial charge < -0.3 is 15.6 Å². The van der Waals surface area contributed by atoms with E-state index in [2.05, 4.69) is 10.5 Å². The predicted octanol–water partition coefficient (Wildman–Crippen LogP) is 3.28. The number of carbonyl (C=O) groups is 1. The third-order valence-electron chi connectivity index (χ3n) is 3.30. The third-order valence-corrected chi connectivity index (χ3v) is 3.93. The van der Waals surface area contributed by atoms with Gasteiger partial charge in [-0.25, -0.2) is 0 Å². The predicted molar refractivity (Wildman–Crippen MR) is 87.2 cm³/mol. The number of amides is 1. The van der Waals surface area contributed by atoms with Crippen molar-refractivity contribution in [3.05, 3.63) is 39.6 Å². The first-order chi connectivity index (χ1) is 10.5. The molecule has 0 aliphatic carbocycles. The van der Waals surface area contributed by atoms with E-state index in [0.29, 0.717) is 45.7 Å². The van der Waals surface area contributed by atoms with Gasteiger partial charge in [0.15, 0.2) is 0 Å². The van der Waals surface area contributed by atoms with E-state index in [1.165, 1.54) is 0 Å². The van der Waals surface area contributed by atoms with Gasteiger partial charge in [0.05, 0.1) is 10.0 Å². The fraction of sp³-hybridized carbons (Fsp3) is 0.333. The number of nitrogens with zero attached hydrogens (tertiary/aromatic N) is 1. The summed E-state index contributed by atoms with van der Waals surface area (Å²) < 4.78 is 5.16. The first-order valence-corrected chi connectivity index (χ1v) is 7.60. The molecule has 1 unspecified atom stereocenters. The van der Waals surface area contributed by atoms with Crippen LogP contribution in [0, 0.1) is 12.8 Å². The van der Waals surface area contributed by atoms with Crippen LogP contribution in [0.1, 0.15) is 23.0 Å². The van der Waals surface area contributed by atoms with Gasteiger partial charge in [0.25, 0.3) is 5.91 Å². The van der Waals surface area contributed by atoms with Crippen LogP contribution in [0.2, 0.25) is 10.0 Å². The van der Waals surface area contributed by atoms with Crippen molar-refractivity contribution in [3.8, 4) is 11.3 Å². The number of benzene rings is 1. The van der Waals surface area contributed by atoms with Gasteiger partial charge in [0.1, 0.15) is 17.0 Å². The number of hydrogen-bond acceptors (Lipinski definition) is 4. The number of nitrogens with one attached hydrogen (secondary N) is 1. The van der Waals surface area contributed by atoms with Crippen molar-refractivity contribution in [1.29, 1.82) is 0 Å². The molecule has 0 saturated heterocycles. The van der Waals surface area contributed by atoms with E-state index in [4.69, 9.17) is 33.5 Å². The van der Waals surface area contributed by atoms with Gasteiger partial charge in [-0.1, -0.05) is 41.3 Å². The molecule has 22 heavy (non-hydrogen) atoms. The Balaban J connectivity index is 2.38. The van der Waals surface area contributed by atoms with Crippen LogP contribution in [0.25, 0.3) is 11.3 Å². The van der Waals surface area contributed by atoms with Crippen molar-refractivity contribution in [2.75, 3.05) is 13.1 Å². The lowest BCUT2D eigenvalue weighted by Gasteiger charge is -2.11. The van der Waals surface area contributed by atoms with Crippen molar-refractivity contribution in [3.63, 3.8) is 0 Å². The average Bonchev–Trinajstić information content (AvgIpc) is 2.86. The molecule has 0 radical (unpaired) electrons. The molecule has 0 bridgehead atoms. The summed E-state index contributed by atoms with van der Waals surface area (Å²) in [5, 5.41) is 7.58. The van der Waals surface area contributed by atoms with Crippen molar-refractivity contribution in [2.45, 2.75) is 13.8 Å². The molecule has 0 aliphatic rings. The molecule has 0 fully saturated rings. The highest BCUT2D eigenvalue weighted by atomic mass is 35.5. The van der Waals surface area contributed by atoms with E-state index in [9.17, 15) is 4.79 Å². The molecule has 1 aromatic carbocycles. The first-order valence-electron chi connectivity index (χ1n) is 6.84. The molecule has 5 nitrogen and oxygen atoms in total. The summed E-state index contributed by atoms with van der Waals surface area (Å²) in [6, 6.07) is 5.10. The molecule has 3 N–H and O–H groups in total. The summed E-state index contributed by atoms with van der Waals surface area (Å²) in [6.07, 6.45) is 0. The summed E-state index contributed by atoms with van der Waals surface area (Å²) in [7, 11) is 0. The van der Waals surface area contributed by atoms with Crippen LogP contribution >= 0.6 is 23.2 Å². The molecule has 1 heterocycles. The Morgan fingerprint density at radius 2 is 2.05 bits per heavy atom. The number of hydrogen-bond donors (Lipinski definition) is 2. The SMILES string of the molecule is Cc1onc(-c2c(Cl)cccc2Cl)c1C(=O)NCC(C)CN. The zero-order valence-corrected chi connectivity index (χ0v) is 13.8. The van der Waals surface area contributed by atoms with Crippen LogP contribution in [0.5, 0.6) is 0 Å². The Kier molecular flexibility index (Phi) is 5.45. The van der Waals surface area contributed by atoms with Gasteiger partial charge in [-0.05, 0) is 31.5 Å². The summed E-state index contributed by atoms with van der Waals surface area (Å²) >= 11 is 12.4. The summed E-state index contributed by atoms with van der Waals surface area (Å²) in [5.74, 6) is 0.297. The summed E-state index contributed by atoms with van der Waals surface area (Å²) in [5.41, 5.74) is 6.71. The maximum absolute atomic E-state index is 12.4. The molecule has 0 saturated carbocycles. The number of halogens is 2. The number of aromatic nitrogens is 1. The first kappa shape index (κ1) is 16.8. The minimum atomic E-state index is -0.287. The Hall–Kier alpha value is -1.56. The highest BCUT2D eigenvalue weighted by molar-refractivity contribution is 6.39. The van der Waals surface area contributed by atoms with Crippen LogP contribution in [-0.2, 0) is 0 Å². The van der Waals surface area contributed by atoms with Crippen LogP contribution in [0.15, 0.2) is 22.7 Å². The van der Waals surface area contributed by atoms with E-state index < -0.39 is 0 Å². The fourth-order valence-electron chi connectivity index (χ4n) is 1.97. The maximum atomic E-state index is 12.4. The molecular formula is C15H17Cl2N3O2. The lowest BCUT2D eigenvalue weighted by atomic mass is 10.0. The number of rotatable bonds is 5. The lowest BCUT2D eigenvalue weighted by molar-refractivity contribution is 0.0947. The van der Waals surface area contributed by atoms with E-state index in [1.54, 1.807) is 25.1 Å². The normalized spacial score (nSPS) is 12.2. The Bertz CT molecular complexity index is 665. The van der Waals surface area contributed by atoms with E-state index >= 15 is 0 Å². The monoisotopic (exact) mass is 341 g/mol. The van der Waals surface area contributed by atoms with Gasteiger partial charge in [-0.15, -0.1) is 0 Å². The zero-order valence-electron chi connectivity index (χ0n) is 12.3. The average molecular weight is 342 g/mol. The molecule has 1 atom stereocenters. The molecule has 0 aliphatic heterocycles. The van der Waals surface area contributed by atoms with Crippen molar-refractivity contribution in [1.82, 2.24) is 10.5 Å². The Morgan fingerprint density at radius 1 is 1.41 bits per heavy atom. The minimum Gasteiger partial charge on any atom is -0.360 e. The quantitative estimate of drug-likeness (QED) is 0.874. The minimum absolute atomic E-state index is 0.177. The molecule has 118 valence electrons. The second-order valence-corrected chi connectivity index (χ2v) is 5.92. The van der Waals surface area contributed by atoms with Gasteiger partial charge in [-0.3, -0.25) is 4.79 Å². The number of nitrogens with two attached hydrogens (primary N) is 1. The third kappa shape index (κ3) is 3.43. The molecule has 0 spiro atoms. The number of carbonyl (C=O) groups excluding carboxylic acids is 1. The van der Waals surface area contributed by atoms with E-state index in [1.807, 2.05) is 6.92 Å². The number of aryl methyl sites for hydroxylation is 1. The van der Waals surface area contributed by atoms with Gasteiger partial charge in [0, 0.05) is 12.1 Å². The maximum Gasteiger partial charge on any atom is 0.257 e. The van der Waals surface area contributed by atoms with Crippen molar-refractivity contribution < 1.29 is 9.32 Å². The Labute approximate surface area is 138 Å². The largest absolute Gasteiger partial charge is 0.360 e. The van der Waals surface area contributed by atoms with Gasteiger partial charge in [-0.2, -0.15) is 0 Å². The molecule has 7 heteroatoms. The summed E-state index contributed by atoms with van der Waals surface area (Å²) in [4.78, 5) is 12.4. The standard InChI is InChI=1S/C15H17Cl2N3O2/c1-8(6-18)7-19-15(21)12-9(2)22-20-14(12)13-10(16)4-3-5-11(13)17/h3-5,8H,6-7,18H2,1-2H3,(H,19,21). The van der Waals surface area contributed by atoms with Crippen molar-refractivity contribution in [2.24, 2.45) is 11.7 Å². The fourth-order valence-corrected chi connectivity index (χ4v) is 2.55. The molecule has 1 amide bonds. The van der Waals surface area contributed by atoms with Crippen molar-refractivity contribution >= 4 is 29.1 Å². The highest BCUT2D eigenvalue weighted by Crippen LogP contribution is 2.36. The van der Waals surface area contributed by atoms with Gasteiger partial charge in [0.2, 0.25) is 0 Å². The molecule has 1 aromatic heterocycles. The second kappa shape index (κ2) is 7.13. The van der Waals surface area contributed by atoms with Crippen LogP contribution in [0.3, 0.4) is 0 Å². The Morgan fingerprint density at radius 3 is 2.64 bits per heavy atom. The smallest absolute Gasteiger partial charge is 0.257 e. The molecule has 2 aromatic rings.